The van der Waals surface area contributed by atoms with Crippen LogP contribution in [0.5, 0.6) is 0 Å². The van der Waals surface area contributed by atoms with E-state index in [1.165, 1.54) is 6.07 Å². The van der Waals surface area contributed by atoms with Gasteiger partial charge in [0.05, 0.1) is 15.5 Å². The molecule has 1 heterocycles. The van der Waals surface area contributed by atoms with Crippen molar-refractivity contribution in [1.82, 2.24) is 10.2 Å². The SMILES string of the molecule is O=[N+]([O-])c1cc(F)c(Br)cc1NCCCN1CCNCC1. The highest BCUT2D eigenvalue weighted by Crippen LogP contribution is 2.30. The highest BCUT2D eigenvalue weighted by molar-refractivity contribution is 9.10. The first-order valence-corrected chi connectivity index (χ1v) is 7.67. The van der Waals surface area contributed by atoms with Crippen LogP contribution < -0.4 is 10.6 Å². The monoisotopic (exact) mass is 360 g/mol. The van der Waals surface area contributed by atoms with Crippen molar-refractivity contribution in [3.63, 3.8) is 0 Å². The molecule has 8 heteroatoms. The Hall–Kier alpha value is -1.25. The topological polar surface area (TPSA) is 70.4 Å². The summed E-state index contributed by atoms with van der Waals surface area (Å²) in [6, 6.07) is 2.35. The zero-order chi connectivity index (χ0) is 15.2. The maximum Gasteiger partial charge on any atom is 0.295 e. The molecular weight excluding hydrogens is 343 g/mol. The van der Waals surface area contributed by atoms with Gasteiger partial charge in [0.1, 0.15) is 11.5 Å². The van der Waals surface area contributed by atoms with E-state index >= 15 is 0 Å². The smallest absolute Gasteiger partial charge is 0.295 e. The number of hydrogen-bond donors (Lipinski definition) is 2. The Morgan fingerprint density at radius 3 is 2.81 bits per heavy atom. The Kier molecular flexibility index (Phi) is 5.89. The van der Waals surface area contributed by atoms with Gasteiger partial charge in [0.15, 0.2) is 0 Å². The van der Waals surface area contributed by atoms with Crippen LogP contribution in [0.25, 0.3) is 0 Å². The summed E-state index contributed by atoms with van der Waals surface area (Å²) in [4.78, 5) is 12.7. The van der Waals surface area contributed by atoms with Crippen LogP contribution in [-0.4, -0.2) is 49.1 Å². The fourth-order valence-corrected chi connectivity index (χ4v) is 2.63. The van der Waals surface area contributed by atoms with Crippen LogP contribution in [0.3, 0.4) is 0 Å². The van der Waals surface area contributed by atoms with Gasteiger partial charge in [-0.05, 0) is 35.0 Å². The summed E-state index contributed by atoms with van der Waals surface area (Å²) in [5.41, 5.74) is 0.103. The molecular formula is C13H18BrFN4O2. The Morgan fingerprint density at radius 1 is 1.43 bits per heavy atom. The van der Waals surface area contributed by atoms with E-state index < -0.39 is 10.7 Å². The molecule has 2 rings (SSSR count). The molecule has 0 radical (unpaired) electrons. The maximum absolute atomic E-state index is 13.4. The zero-order valence-corrected chi connectivity index (χ0v) is 13.2. The van der Waals surface area contributed by atoms with Crippen molar-refractivity contribution in [1.29, 1.82) is 0 Å². The normalized spacial score (nSPS) is 15.9. The molecule has 2 N–H and O–H groups in total. The fourth-order valence-electron chi connectivity index (χ4n) is 2.29. The van der Waals surface area contributed by atoms with Crippen molar-refractivity contribution in [3.8, 4) is 0 Å². The second-order valence-corrected chi connectivity index (χ2v) is 5.77. The van der Waals surface area contributed by atoms with E-state index in [1.54, 1.807) is 0 Å². The number of nitro groups is 1. The molecule has 0 aromatic heterocycles. The van der Waals surface area contributed by atoms with Crippen LogP contribution in [-0.2, 0) is 0 Å². The molecule has 1 fully saturated rings. The Bertz CT molecular complexity index is 509. The van der Waals surface area contributed by atoms with Crippen molar-refractivity contribution < 1.29 is 9.31 Å². The number of rotatable bonds is 6. The number of benzene rings is 1. The first-order valence-electron chi connectivity index (χ1n) is 6.88. The molecule has 1 aliphatic heterocycles. The molecule has 0 unspecified atom stereocenters. The lowest BCUT2D eigenvalue weighted by atomic mass is 10.2. The van der Waals surface area contributed by atoms with Crippen molar-refractivity contribution in [2.75, 3.05) is 44.6 Å². The third-order valence-electron chi connectivity index (χ3n) is 3.41. The van der Waals surface area contributed by atoms with Gasteiger partial charge in [-0.15, -0.1) is 0 Å². The highest BCUT2D eigenvalue weighted by Gasteiger charge is 2.17. The number of piperazine rings is 1. The highest BCUT2D eigenvalue weighted by atomic mass is 79.9. The van der Waals surface area contributed by atoms with Crippen molar-refractivity contribution in [2.24, 2.45) is 0 Å². The molecule has 1 saturated heterocycles. The summed E-state index contributed by atoms with van der Waals surface area (Å²) < 4.78 is 13.6. The molecule has 0 amide bonds. The van der Waals surface area contributed by atoms with E-state index in [0.29, 0.717) is 12.2 Å². The lowest BCUT2D eigenvalue weighted by Gasteiger charge is -2.27. The largest absolute Gasteiger partial charge is 0.379 e. The summed E-state index contributed by atoms with van der Waals surface area (Å²) in [7, 11) is 0. The average Bonchev–Trinajstić information content (AvgIpc) is 2.47. The molecule has 0 aliphatic carbocycles. The van der Waals surface area contributed by atoms with E-state index in [4.69, 9.17) is 0 Å². The van der Waals surface area contributed by atoms with Gasteiger partial charge in [-0.3, -0.25) is 10.1 Å². The van der Waals surface area contributed by atoms with E-state index in [9.17, 15) is 14.5 Å². The van der Waals surface area contributed by atoms with Gasteiger partial charge in [-0.25, -0.2) is 4.39 Å². The third-order valence-corrected chi connectivity index (χ3v) is 4.02. The van der Waals surface area contributed by atoms with Gasteiger partial charge in [0.25, 0.3) is 5.69 Å². The molecule has 6 nitrogen and oxygen atoms in total. The minimum Gasteiger partial charge on any atom is -0.379 e. The van der Waals surface area contributed by atoms with Gasteiger partial charge in [0.2, 0.25) is 0 Å². The van der Waals surface area contributed by atoms with E-state index in [0.717, 1.165) is 45.2 Å². The van der Waals surface area contributed by atoms with Crippen molar-refractivity contribution in [3.05, 3.63) is 32.5 Å². The Balaban J connectivity index is 1.87. The number of nitro benzene ring substituents is 1. The van der Waals surface area contributed by atoms with Crippen LogP contribution in [0.2, 0.25) is 0 Å². The number of nitrogens with zero attached hydrogens (tertiary/aromatic N) is 2. The molecule has 0 spiro atoms. The first kappa shape index (κ1) is 16.1. The van der Waals surface area contributed by atoms with E-state index in [2.05, 4.69) is 31.5 Å². The molecule has 0 atom stereocenters. The van der Waals surface area contributed by atoms with Gasteiger partial charge >= 0.3 is 0 Å². The molecule has 21 heavy (non-hydrogen) atoms. The van der Waals surface area contributed by atoms with Crippen LogP contribution in [0.15, 0.2) is 16.6 Å². The maximum atomic E-state index is 13.4. The first-order chi connectivity index (χ1) is 10.1. The predicted octanol–water partition coefficient (Wildman–Crippen LogP) is 2.20. The summed E-state index contributed by atoms with van der Waals surface area (Å²) in [6.07, 6.45) is 0.881. The van der Waals surface area contributed by atoms with E-state index in [1.807, 2.05) is 0 Å². The lowest BCUT2D eigenvalue weighted by Crippen LogP contribution is -2.44. The average molecular weight is 361 g/mol. The van der Waals surface area contributed by atoms with Crippen LogP contribution >= 0.6 is 15.9 Å². The van der Waals surface area contributed by atoms with Crippen LogP contribution in [0.1, 0.15) is 6.42 Å². The lowest BCUT2D eigenvalue weighted by molar-refractivity contribution is -0.384. The predicted molar refractivity (Wildman–Crippen MR) is 83.2 cm³/mol. The summed E-state index contributed by atoms with van der Waals surface area (Å²) >= 11 is 3.05. The molecule has 0 bridgehead atoms. The fraction of sp³-hybridized carbons (Fsp3) is 0.538. The number of anilines is 1. The zero-order valence-electron chi connectivity index (χ0n) is 11.6. The summed E-state index contributed by atoms with van der Waals surface area (Å²) in [5, 5.41) is 17.2. The minimum atomic E-state index is -0.631. The molecule has 0 saturated carbocycles. The molecule has 1 aliphatic rings. The van der Waals surface area contributed by atoms with E-state index in [-0.39, 0.29) is 10.2 Å². The van der Waals surface area contributed by atoms with Crippen molar-refractivity contribution >= 4 is 27.3 Å². The number of nitrogens with one attached hydrogen (secondary N) is 2. The quantitative estimate of drug-likeness (QED) is 0.462. The van der Waals surface area contributed by atoms with Gasteiger partial charge in [-0.1, -0.05) is 0 Å². The summed E-state index contributed by atoms with van der Waals surface area (Å²) in [6.45, 7) is 5.63. The molecule has 116 valence electrons. The minimum absolute atomic E-state index is 0.220. The number of hydrogen-bond acceptors (Lipinski definition) is 5. The van der Waals surface area contributed by atoms with Crippen molar-refractivity contribution in [2.45, 2.75) is 6.42 Å². The van der Waals surface area contributed by atoms with Gasteiger partial charge < -0.3 is 15.5 Å². The molecule has 1 aromatic rings. The van der Waals surface area contributed by atoms with Crippen LogP contribution in [0.4, 0.5) is 15.8 Å². The number of halogens is 2. The third kappa shape index (κ3) is 4.62. The molecule has 1 aromatic carbocycles. The Morgan fingerprint density at radius 2 is 2.14 bits per heavy atom. The second-order valence-electron chi connectivity index (χ2n) is 4.91. The standard InChI is InChI=1S/C13H18BrFN4O2/c14-10-8-12(13(19(20)21)9-11(10)15)17-2-1-5-18-6-3-16-4-7-18/h8-9,16-17H,1-7H2. The second kappa shape index (κ2) is 7.67. The van der Waals surface area contributed by atoms with Gasteiger partial charge in [-0.2, -0.15) is 0 Å². The van der Waals surface area contributed by atoms with Crippen LogP contribution in [0, 0.1) is 15.9 Å². The summed E-state index contributed by atoms with van der Waals surface area (Å²) in [5.74, 6) is -0.631. The van der Waals surface area contributed by atoms with Gasteiger partial charge in [0, 0.05) is 32.7 Å². The Labute approximate surface area is 131 Å².